The summed E-state index contributed by atoms with van der Waals surface area (Å²) >= 11 is 0. The van der Waals surface area contributed by atoms with E-state index in [9.17, 15) is 14.7 Å². The summed E-state index contributed by atoms with van der Waals surface area (Å²) in [6.07, 6.45) is 3.83. The summed E-state index contributed by atoms with van der Waals surface area (Å²) in [6, 6.07) is 22.4. The van der Waals surface area contributed by atoms with E-state index >= 15 is 0 Å². The van der Waals surface area contributed by atoms with Gasteiger partial charge in [0, 0.05) is 16.7 Å². The van der Waals surface area contributed by atoms with Crippen LogP contribution in [0.1, 0.15) is 49.1 Å². The van der Waals surface area contributed by atoms with Crippen molar-refractivity contribution in [3.05, 3.63) is 118 Å². The van der Waals surface area contributed by atoms with Crippen LogP contribution < -0.4 is 0 Å². The molecule has 0 saturated heterocycles. The van der Waals surface area contributed by atoms with Crippen LogP contribution in [0, 0.1) is 0 Å². The maximum absolute atomic E-state index is 13.7. The van der Waals surface area contributed by atoms with Crippen LogP contribution in [0.15, 0.2) is 84.9 Å². The number of nitrogens with zero attached hydrogens (tertiary/aromatic N) is 1. The number of aliphatic hydroxyl groups is 1. The van der Waals surface area contributed by atoms with E-state index in [1.165, 1.54) is 0 Å². The summed E-state index contributed by atoms with van der Waals surface area (Å²) in [5.74, 6) is -0.131. The number of carbonyl (C=O) groups excluding carboxylic acids is 2. The predicted octanol–water partition coefficient (Wildman–Crippen LogP) is 4.34. The van der Waals surface area contributed by atoms with Crippen molar-refractivity contribution in [2.75, 3.05) is 0 Å². The van der Waals surface area contributed by atoms with Gasteiger partial charge in [0.25, 0.3) is 5.91 Å². The van der Waals surface area contributed by atoms with Gasteiger partial charge in [0.15, 0.2) is 0 Å². The van der Waals surface area contributed by atoms with Gasteiger partial charge in [-0.05, 0) is 34.4 Å². The van der Waals surface area contributed by atoms with Crippen LogP contribution >= 0.6 is 0 Å². The molecule has 0 unspecified atom stereocenters. The molecule has 0 bridgehead atoms. The van der Waals surface area contributed by atoms with Crippen molar-refractivity contribution < 1.29 is 14.7 Å². The fourth-order valence-electron chi connectivity index (χ4n) is 5.20. The van der Waals surface area contributed by atoms with Crippen molar-refractivity contribution in [3.63, 3.8) is 0 Å². The quantitative estimate of drug-likeness (QED) is 0.662. The second kappa shape index (κ2) is 5.88. The van der Waals surface area contributed by atoms with Gasteiger partial charge in [-0.15, -0.1) is 0 Å². The lowest BCUT2D eigenvalue weighted by Crippen LogP contribution is -2.49. The second-order valence-corrected chi connectivity index (χ2v) is 7.81. The van der Waals surface area contributed by atoms with Gasteiger partial charge < -0.3 is 5.11 Å². The van der Waals surface area contributed by atoms with Crippen LogP contribution in [0.25, 0.3) is 11.3 Å². The van der Waals surface area contributed by atoms with E-state index in [1.54, 1.807) is 17.0 Å². The topological polar surface area (TPSA) is 57.6 Å². The number of hydrogen-bond acceptors (Lipinski definition) is 3. The van der Waals surface area contributed by atoms with Gasteiger partial charge in [-0.3, -0.25) is 14.5 Å². The first-order valence-corrected chi connectivity index (χ1v) is 9.87. The third-order valence-electron chi connectivity index (χ3n) is 6.48. The Bertz CT molecular complexity index is 1300. The molecular weight excluding hydrogens is 374 g/mol. The van der Waals surface area contributed by atoms with Gasteiger partial charge in [-0.1, -0.05) is 72.8 Å². The second-order valence-electron chi connectivity index (χ2n) is 7.81. The minimum absolute atomic E-state index is 0.131. The minimum Gasteiger partial charge on any atom is -0.385 e. The van der Waals surface area contributed by atoms with Crippen LogP contribution in [0.3, 0.4) is 0 Å². The van der Waals surface area contributed by atoms with Gasteiger partial charge in [0.05, 0.1) is 5.70 Å². The zero-order chi connectivity index (χ0) is 20.5. The molecule has 3 aromatic rings. The summed E-state index contributed by atoms with van der Waals surface area (Å²) < 4.78 is 0. The number of benzene rings is 3. The fraction of sp³-hybridized carbons (Fsp3) is 0.0769. The third kappa shape index (κ3) is 1.89. The first kappa shape index (κ1) is 17.1. The molecule has 144 valence electrons. The number of amides is 1. The molecule has 3 aromatic carbocycles. The first-order valence-electron chi connectivity index (χ1n) is 9.87. The molecule has 30 heavy (non-hydrogen) atoms. The van der Waals surface area contributed by atoms with Crippen LogP contribution in [-0.4, -0.2) is 22.2 Å². The van der Waals surface area contributed by atoms with Crippen molar-refractivity contribution in [1.29, 1.82) is 0 Å². The normalized spacial score (nSPS) is 23.2. The zero-order valence-electron chi connectivity index (χ0n) is 15.9. The highest BCUT2D eigenvalue weighted by Gasteiger charge is 2.60. The summed E-state index contributed by atoms with van der Waals surface area (Å²) in [5, 5.41) is 11.7. The maximum atomic E-state index is 13.7. The Labute approximate surface area is 173 Å². The maximum Gasteiger partial charge on any atom is 0.260 e. The molecule has 0 saturated carbocycles. The van der Waals surface area contributed by atoms with Crippen molar-refractivity contribution >= 4 is 23.5 Å². The van der Waals surface area contributed by atoms with Gasteiger partial charge in [-0.2, -0.15) is 0 Å². The molecule has 4 heteroatoms. The Morgan fingerprint density at radius 1 is 0.833 bits per heavy atom. The number of carbonyl (C=O) groups is 2. The molecule has 0 radical (unpaired) electrons. The van der Waals surface area contributed by atoms with Crippen molar-refractivity contribution in [2.45, 2.75) is 11.6 Å². The summed E-state index contributed by atoms with van der Waals surface area (Å²) in [5.41, 5.74) is 5.12. The lowest BCUT2D eigenvalue weighted by molar-refractivity contribution is 0.0337. The summed E-state index contributed by atoms with van der Waals surface area (Å²) in [6.45, 7) is 0. The van der Waals surface area contributed by atoms with Crippen LogP contribution in [-0.2, 0) is 5.54 Å². The molecule has 0 aromatic heterocycles. The van der Waals surface area contributed by atoms with E-state index in [0.29, 0.717) is 11.1 Å². The molecule has 3 aliphatic rings. The zero-order valence-corrected chi connectivity index (χ0v) is 15.9. The smallest absolute Gasteiger partial charge is 0.260 e. The number of aliphatic hydroxyl groups excluding tert-OH is 1. The largest absolute Gasteiger partial charge is 0.385 e. The number of hydrogen-bond donors (Lipinski definition) is 1. The van der Waals surface area contributed by atoms with Crippen LogP contribution in [0.4, 0.5) is 0 Å². The molecule has 2 atom stereocenters. The van der Waals surface area contributed by atoms with Crippen molar-refractivity contribution in [2.24, 2.45) is 0 Å². The highest BCUT2D eigenvalue weighted by atomic mass is 16.3. The average Bonchev–Trinajstić information content (AvgIpc) is 3.24. The number of fused-ring (bicyclic) bond motifs is 7. The Hall–Kier alpha value is -3.76. The molecule has 1 amide bonds. The number of rotatable bonds is 2. The van der Waals surface area contributed by atoms with Crippen molar-refractivity contribution in [1.82, 2.24) is 4.90 Å². The highest BCUT2D eigenvalue weighted by molar-refractivity contribution is 6.13. The molecule has 1 aliphatic carbocycles. The van der Waals surface area contributed by atoms with E-state index in [0.717, 1.165) is 39.8 Å². The van der Waals surface area contributed by atoms with Gasteiger partial charge >= 0.3 is 0 Å². The van der Waals surface area contributed by atoms with E-state index in [1.807, 2.05) is 72.8 Å². The molecule has 4 nitrogen and oxygen atoms in total. The third-order valence-corrected chi connectivity index (χ3v) is 6.48. The van der Waals surface area contributed by atoms with E-state index in [-0.39, 0.29) is 5.91 Å². The molecule has 2 aliphatic heterocycles. The lowest BCUT2D eigenvalue weighted by atomic mass is 9.77. The Balaban J connectivity index is 1.68. The summed E-state index contributed by atoms with van der Waals surface area (Å²) in [7, 11) is 0. The first-order chi connectivity index (χ1) is 14.7. The predicted molar refractivity (Wildman–Crippen MR) is 113 cm³/mol. The monoisotopic (exact) mass is 391 g/mol. The standard InChI is InChI=1S/C26H17NO3/c28-15-16-9-11-17(12-10-16)26-22(18-5-1-3-7-20(18)24(26)29)13-14-23-19-6-2-4-8-21(19)25(30)27(23)26/h1-15,24,29H/t24-,26-/m0/s1. The number of aldehydes is 1. The molecule has 0 spiro atoms. The van der Waals surface area contributed by atoms with Crippen LogP contribution in [0.2, 0.25) is 0 Å². The van der Waals surface area contributed by atoms with Gasteiger partial charge in [0.2, 0.25) is 0 Å². The van der Waals surface area contributed by atoms with Crippen molar-refractivity contribution in [3.8, 4) is 0 Å². The Kier molecular flexibility index (Phi) is 3.35. The Morgan fingerprint density at radius 3 is 2.23 bits per heavy atom. The molecule has 1 N–H and O–H groups in total. The summed E-state index contributed by atoms with van der Waals surface area (Å²) in [4.78, 5) is 26.6. The molecule has 0 fully saturated rings. The highest BCUT2D eigenvalue weighted by Crippen LogP contribution is 2.62. The van der Waals surface area contributed by atoms with E-state index < -0.39 is 11.6 Å². The molecular formula is C26H17NO3. The average molecular weight is 391 g/mol. The van der Waals surface area contributed by atoms with Crippen LogP contribution in [0.5, 0.6) is 0 Å². The lowest BCUT2D eigenvalue weighted by Gasteiger charge is -2.45. The molecule has 6 rings (SSSR count). The van der Waals surface area contributed by atoms with E-state index in [2.05, 4.69) is 0 Å². The number of allylic oxidation sites excluding steroid dienone is 2. The van der Waals surface area contributed by atoms with E-state index in [4.69, 9.17) is 0 Å². The molecule has 2 heterocycles. The SMILES string of the molecule is O=Cc1ccc([C@@]23C(=CC=C4c5ccccc5C(=O)N42)c2ccccc2[C@@H]3O)cc1. The van der Waals surface area contributed by atoms with Gasteiger partial charge in [0.1, 0.15) is 17.9 Å². The fourth-order valence-corrected chi connectivity index (χ4v) is 5.20. The Morgan fingerprint density at radius 2 is 1.50 bits per heavy atom. The van der Waals surface area contributed by atoms with Gasteiger partial charge in [-0.25, -0.2) is 0 Å². The minimum atomic E-state index is -1.09.